The normalized spacial score (nSPS) is 39.3. The van der Waals surface area contributed by atoms with Gasteiger partial charge in [-0.1, -0.05) is 37.1 Å². The van der Waals surface area contributed by atoms with Crippen molar-refractivity contribution in [2.24, 2.45) is 17.8 Å². The molecular weight excluding hydrogens is 204 g/mol. The molecule has 0 heteroatoms. The molecule has 0 aliphatic heterocycles. The fourth-order valence-corrected chi connectivity index (χ4v) is 5.14. The lowest BCUT2D eigenvalue weighted by Crippen LogP contribution is -2.33. The van der Waals surface area contributed by atoms with Crippen molar-refractivity contribution in [3.63, 3.8) is 0 Å². The maximum Gasteiger partial charge on any atom is -0.0128 e. The lowest BCUT2D eigenvalue weighted by Gasteiger charge is -2.44. The average molecular weight is 226 g/mol. The van der Waals surface area contributed by atoms with E-state index >= 15 is 0 Å². The second kappa shape index (κ2) is 3.86. The first-order chi connectivity index (χ1) is 8.43. The molecular formula is C17H22. The molecule has 0 saturated heterocycles. The molecule has 3 aliphatic rings. The smallest absolute Gasteiger partial charge is 0.0128 e. The Morgan fingerprint density at radius 2 is 1.76 bits per heavy atom. The zero-order chi connectivity index (χ0) is 11.2. The fourth-order valence-electron chi connectivity index (χ4n) is 5.14. The van der Waals surface area contributed by atoms with Crippen LogP contribution in [0.15, 0.2) is 24.3 Å². The lowest BCUT2D eigenvalue weighted by molar-refractivity contribution is 0.137. The predicted molar refractivity (Wildman–Crippen MR) is 71.1 cm³/mol. The Morgan fingerprint density at radius 1 is 0.824 bits per heavy atom. The van der Waals surface area contributed by atoms with Crippen molar-refractivity contribution in [3.05, 3.63) is 35.4 Å². The molecule has 0 nitrogen and oxygen atoms in total. The van der Waals surface area contributed by atoms with E-state index in [1.165, 1.54) is 44.9 Å². The molecule has 90 valence electrons. The van der Waals surface area contributed by atoms with Gasteiger partial charge in [0.1, 0.15) is 0 Å². The topological polar surface area (TPSA) is 0 Å². The van der Waals surface area contributed by atoms with Gasteiger partial charge in [-0.25, -0.2) is 0 Å². The molecule has 0 heterocycles. The molecule has 0 bridgehead atoms. The first-order valence-electron chi connectivity index (χ1n) is 7.51. The summed E-state index contributed by atoms with van der Waals surface area (Å²) in [5, 5.41) is 0. The van der Waals surface area contributed by atoms with E-state index in [2.05, 4.69) is 24.3 Å². The van der Waals surface area contributed by atoms with E-state index in [0.29, 0.717) is 0 Å². The maximum atomic E-state index is 2.42. The molecule has 0 aromatic heterocycles. The number of hydrogen-bond acceptors (Lipinski definition) is 0. The van der Waals surface area contributed by atoms with E-state index in [1.807, 2.05) is 0 Å². The van der Waals surface area contributed by atoms with Gasteiger partial charge >= 0.3 is 0 Å². The summed E-state index contributed by atoms with van der Waals surface area (Å²) in [6, 6.07) is 9.26. The third kappa shape index (κ3) is 1.49. The number of rotatable bonds is 0. The molecule has 0 N–H and O–H groups in total. The molecule has 1 aromatic rings. The van der Waals surface area contributed by atoms with Crippen LogP contribution in [0.5, 0.6) is 0 Å². The Hall–Kier alpha value is -0.780. The molecule has 4 rings (SSSR count). The van der Waals surface area contributed by atoms with Crippen LogP contribution >= 0.6 is 0 Å². The van der Waals surface area contributed by atoms with Crippen molar-refractivity contribution in [3.8, 4) is 0 Å². The molecule has 1 aromatic carbocycles. The van der Waals surface area contributed by atoms with Crippen LogP contribution in [-0.2, 0) is 6.42 Å². The van der Waals surface area contributed by atoms with E-state index in [9.17, 15) is 0 Å². The molecule has 0 spiro atoms. The van der Waals surface area contributed by atoms with Gasteiger partial charge in [0, 0.05) is 0 Å². The Labute approximate surface area is 104 Å². The van der Waals surface area contributed by atoms with Crippen molar-refractivity contribution in [2.75, 3.05) is 0 Å². The van der Waals surface area contributed by atoms with Crippen LogP contribution in [0.4, 0.5) is 0 Å². The van der Waals surface area contributed by atoms with Gasteiger partial charge in [-0.3, -0.25) is 0 Å². The van der Waals surface area contributed by atoms with Crippen molar-refractivity contribution in [2.45, 2.75) is 50.9 Å². The van der Waals surface area contributed by atoms with Crippen LogP contribution in [-0.4, -0.2) is 0 Å². The second-order valence-electron chi connectivity index (χ2n) is 6.44. The van der Waals surface area contributed by atoms with Crippen LogP contribution in [0, 0.1) is 17.8 Å². The molecule has 2 saturated carbocycles. The number of aryl methyl sites for hydroxylation is 1. The molecule has 17 heavy (non-hydrogen) atoms. The number of fused-ring (bicyclic) bond motifs is 5. The van der Waals surface area contributed by atoms with Gasteiger partial charge in [-0.05, 0) is 66.9 Å². The van der Waals surface area contributed by atoms with Gasteiger partial charge < -0.3 is 0 Å². The van der Waals surface area contributed by atoms with E-state index in [0.717, 1.165) is 23.7 Å². The van der Waals surface area contributed by atoms with E-state index in [4.69, 9.17) is 0 Å². The first kappa shape index (κ1) is 10.2. The summed E-state index contributed by atoms with van der Waals surface area (Å²) in [5.74, 6) is 4.13. The van der Waals surface area contributed by atoms with Gasteiger partial charge in [0.2, 0.25) is 0 Å². The van der Waals surface area contributed by atoms with Crippen molar-refractivity contribution in [1.29, 1.82) is 0 Å². The van der Waals surface area contributed by atoms with Crippen molar-refractivity contribution >= 4 is 0 Å². The van der Waals surface area contributed by atoms with Crippen LogP contribution < -0.4 is 0 Å². The fraction of sp³-hybridized carbons (Fsp3) is 0.647. The molecule has 2 fully saturated rings. The van der Waals surface area contributed by atoms with E-state index < -0.39 is 0 Å². The highest BCUT2D eigenvalue weighted by atomic mass is 14.5. The summed E-state index contributed by atoms with van der Waals surface area (Å²) >= 11 is 0. The van der Waals surface area contributed by atoms with Crippen LogP contribution in [0.3, 0.4) is 0 Å². The Kier molecular flexibility index (Phi) is 2.31. The van der Waals surface area contributed by atoms with Crippen LogP contribution in [0.2, 0.25) is 0 Å². The predicted octanol–water partition coefficient (Wildman–Crippen LogP) is 4.54. The van der Waals surface area contributed by atoms with Gasteiger partial charge in [0.05, 0.1) is 0 Å². The van der Waals surface area contributed by atoms with Gasteiger partial charge in [-0.2, -0.15) is 0 Å². The third-order valence-electron chi connectivity index (χ3n) is 5.83. The third-order valence-corrected chi connectivity index (χ3v) is 5.83. The highest BCUT2D eigenvalue weighted by molar-refractivity contribution is 5.34. The minimum Gasteiger partial charge on any atom is -0.0620 e. The Bertz CT molecular complexity index is 420. The molecule has 0 radical (unpaired) electrons. The van der Waals surface area contributed by atoms with Crippen molar-refractivity contribution < 1.29 is 0 Å². The monoisotopic (exact) mass is 226 g/mol. The largest absolute Gasteiger partial charge is 0.0620 e. The lowest BCUT2D eigenvalue weighted by atomic mass is 9.61. The summed E-state index contributed by atoms with van der Waals surface area (Å²) in [6.45, 7) is 0. The van der Waals surface area contributed by atoms with E-state index in [1.54, 1.807) is 11.1 Å². The summed E-state index contributed by atoms with van der Waals surface area (Å²) < 4.78 is 0. The maximum absolute atomic E-state index is 2.42. The summed E-state index contributed by atoms with van der Waals surface area (Å²) in [6.07, 6.45) is 10.4. The zero-order valence-corrected chi connectivity index (χ0v) is 10.6. The van der Waals surface area contributed by atoms with Crippen LogP contribution in [0.1, 0.15) is 55.6 Å². The van der Waals surface area contributed by atoms with Gasteiger partial charge in [0.15, 0.2) is 0 Å². The highest BCUT2D eigenvalue weighted by Gasteiger charge is 2.43. The number of hydrogen-bond donors (Lipinski definition) is 0. The molecule has 0 unspecified atom stereocenters. The quantitative estimate of drug-likeness (QED) is 0.609. The van der Waals surface area contributed by atoms with Crippen molar-refractivity contribution in [1.82, 2.24) is 0 Å². The summed E-state index contributed by atoms with van der Waals surface area (Å²) in [4.78, 5) is 0. The van der Waals surface area contributed by atoms with Gasteiger partial charge in [-0.15, -0.1) is 0 Å². The van der Waals surface area contributed by atoms with Gasteiger partial charge in [0.25, 0.3) is 0 Å². The SMILES string of the molecule is c1ccc2c(c1)CC[C@H]1[C@@H]3CCC[C@H]3CC[C@H]21. The minimum atomic E-state index is 0.916. The average Bonchev–Trinajstić information content (AvgIpc) is 2.86. The highest BCUT2D eigenvalue weighted by Crippen LogP contribution is 2.54. The summed E-state index contributed by atoms with van der Waals surface area (Å²) in [7, 11) is 0. The van der Waals surface area contributed by atoms with Crippen LogP contribution in [0.25, 0.3) is 0 Å². The Balaban J connectivity index is 1.71. The standard InChI is InChI=1S/C17H22/c1-2-6-14-12(4-1)8-10-17-15-7-3-5-13(15)9-11-16(14)17/h1-2,4,6,13,15-17H,3,5,7-11H2/t13-,15+,16+,17-/m0/s1. The Morgan fingerprint density at radius 3 is 2.76 bits per heavy atom. The van der Waals surface area contributed by atoms with E-state index in [-0.39, 0.29) is 0 Å². The molecule has 0 amide bonds. The summed E-state index contributed by atoms with van der Waals surface area (Å²) in [5.41, 5.74) is 3.37. The first-order valence-corrected chi connectivity index (χ1v) is 7.51. The second-order valence-corrected chi connectivity index (χ2v) is 6.44. The zero-order valence-electron chi connectivity index (χ0n) is 10.6. The molecule has 3 aliphatic carbocycles. The molecule has 4 atom stereocenters. The minimum absolute atomic E-state index is 0.916. The number of benzene rings is 1.